The molecule has 0 aliphatic carbocycles. The Bertz CT molecular complexity index is 1420. The number of fused-ring (bicyclic) bond motifs is 1. The van der Waals surface area contributed by atoms with Gasteiger partial charge >= 0.3 is 0 Å². The molecule has 0 atom stereocenters. The van der Waals surface area contributed by atoms with Crippen molar-refractivity contribution in [3.05, 3.63) is 72.8 Å². The highest BCUT2D eigenvalue weighted by molar-refractivity contribution is 8.01. The van der Waals surface area contributed by atoms with Crippen molar-refractivity contribution in [3.63, 3.8) is 0 Å². The fourth-order valence-corrected chi connectivity index (χ4v) is 6.35. The van der Waals surface area contributed by atoms with Gasteiger partial charge < -0.3 is 20.4 Å². The van der Waals surface area contributed by atoms with Gasteiger partial charge in [0.15, 0.2) is 4.34 Å². The first-order chi connectivity index (χ1) is 19.6. The summed E-state index contributed by atoms with van der Waals surface area (Å²) in [4.78, 5) is 23.5. The molecule has 5 rings (SSSR count). The number of anilines is 6. The van der Waals surface area contributed by atoms with E-state index in [9.17, 15) is 0 Å². The molecule has 0 radical (unpaired) electrons. The molecule has 0 bridgehead atoms. The zero-order valence-corrected chi connectivity index (χ0v) is 24.9. The standard InChI is InChI=1S/C30H34N8S2/c1-5-37(6-2)23-17-13-21(14-18-23)31-27-34-28(32-22-15-19-24(20-16-22)38(7-3)8-4)36-29(35-27)40-30-33-25-11-9-10-12-26(25)39-30/h9-20H,5-8H2,1-4H3,(H2,31,32,34,35,36). The highest BCUT2D eigenvalue weighted by atomic mass is 32.2. The van der Waals surface area contributed by atoms with Crippen LogP contribution in [-0.2, 0) is 0 Å². The van der Waals surface area contributed by atoms with E-state index < -0.39 is 0 Å². The number of aromatic nitrogens is 4. The molecule has 10 heteroatoms. The molecule has 0 saturated carbocycles. The monoisotopic (exact) mass is 570 g/mol. The van der Waals surface area contributed by atoms with E-state index in [0.717, 1.165) is 52.1 Å². The van der Waals surface area contributed by atoms with Crippen LogP contribution in [0.3, 0.4) is 0 Å². The van der Waals surface area contributed by atoms with Crippen molar-refractivity contribution in [2.75, 3.05) is 46.6 Å². The summed E-state index contributed by atoms with van der Waals surface area (Å²) in [5.41, 5.74) is 5.17. The summed E-state index contributed by atoms with van der Waals surface area (Å²) in [6.07, 6.45) is 0. The summed E-state index contributed by atoms with van der Waals surface area (Å²) in [6, 6.07) is 24.8. The van der Waals surface area contributed by atoms with E-state index in [4.69, 9.17) is 19.9 Å². The molecule has 2 aromatic heterocycles. The van der Waals surface area contributed by atoms with Gasteiger partial charge in [0.05, 0.1) is 10.2 Å². The number of thiazole rings is 1. The van der Waals surface area contributed by atoms with E-state index in [-0.39, 0.29) is 0 Å². The molecule has 0 spiro atoms. The largest absolute Gasteiger partial charge is 0.372 e. The molecule has 0 amide bonds. The predicted molar refractivity (Wildman–Crippen MR) is 170 cm³/mol. The Morgan fingerprint density at radius 1 is 0.625 bits per heavy atom. The number of para-hydroxylation sites is 1. The number of nitrogens with zero attached hydrogens (tertiary/aromatic N) is 6. The first-order valence-electron chi connectivity index (χ1n) is 13.6. The molecule has 2 heterocycles. The lowest BCUT2D eigenvalue weighted by atomic mass is 10.2. The maximum absolute atomic E-state index is 4.75. The van der Waals surface area contributed by atoms with Crippen LogP contribution < -0.4 is 20.4 Å². The average molecular weight is 571 g/mol. The van der Waals surface area contributed by atoms with Crippen LogP contribution in [0.1, 0.15) is 27.7 Å². The van der Waals surface area contributed by atoms with Crippen molar-refractivity contribution in [1.82, 2.24) is 19.9 Å². The molecule has 0 fully saturated rings. The average Bonchev–Trinajstić information content (AvgIpc) is 3.38. The first kappa shape index (κ1) is 27.7. The lowest BCUT2D eigenvalue weighted by Gasteiger charge is -2.21. The first-order valence-corrected chi connectivity index (χ1v) is 15.2. The van der Waals surface area contributed by atoms with Gasteiger partial charge in [0.2, 0.25) is 17.1 Å². The summed E-state index contributed by atoms with van der Waals surface area (Å²) in [7, 11) is 0. The summed E-state index contributed by atoms with van der Waals surface area (Å²) in [5, 5.41) is 7.30. The minimum absolute atomic E-state index is 0.469. The summed E-state index contributed by atoms with van der Waals surface area (Å²) in [5.74, 6) is 0.938. The normalized spacial score (nSPS) is 11.0. The fourth-order valence-electron chi connectivity index (χ4n) is 4.43. The lowest BCUT2D eigenvalue weighted by Crippen LogP contribution is -2.21. The van der Waals surface area contributed by atoms with Crippen LogP contribution in [0.15, 0.2) is 82.3 Å². The van der Waals surface area contributed by atoms with E-state index in [2.05, 4.69) is 103 Å². The van der Waals surface area contributed by atoms with Gasteiger partial charge in [-0.2, -0.15) is 15.0 Å². The molecule has 206 valence electrons. The molecule has 8 nitrogen and oxygen atoms in total. The van der Waals surface area contributed by atoms with Crippen molar-refractivity contribution in [2.45, 2.75) is 37.2 Å². The van der Waals surface area contributed by atoms with Crippen LogP contribution in [0.25, 0.3) is 10.2 Å². The highest BCUT2D eigenvalue weighted by Crippen LogP contribution is 2.34. The Labute approximate surface area is 243 Å². The van der Waals surface area contributed by atoms with Gasteiger partial charge in [-0.05, 0) is 100 Å². The van der Waals surface area contributed by atoms with Crippen LogP contribution in [0, 0.1) is 0 Å². The topological polar surface area (TPSA) is 82.1 Å². The van der Waals surface area contributed by atoms with Crippen LogP contribution >= 0.6 is 23.1 Å². The highest BCUT2D eigenvalue weighted by Gasteiger charge is 2.13. The van der Waals surface area contributed by atoms with E-state index in [0.29, 0.717) is 17.1 Å². The van der Waals surface area contributed by atoms with Crippen molar-refractivity contribution in [3.8, 4) is 0 Å². The molecule has 3 aromatic carbocycles. The summed E-state index contributed by atoms with van der Waals surface area (Å²) < 4.78 is 2.02. The summed E-state index contributed by atoms with van der Waals surface area (Å²) in [6.45, 7) is 12.5. The Balaban J connectivity index is 1.42. The van der Waals surface area contributed by atoms with Gasteiger partial charge in [0, 0.05) is 48.9 Å². The Morgan fingerprint density at radius 2 is 1.12 bits per heavy atom. The number of rotatable bonds is 12. The molecule has 2 N–H and O–H groups in total. The second kappa shape index (κ2) is 13.0. The van der Waals surface area contributed by atoms with Gasteiger partial charge in [-0.15, -0.1) is 11.3 Å². The number of nitrogens with one attached hydrogen (secondary N) is 2. The van der Waals surface area contributed by atoms with E-state index in [1.807, 2.05) is 18.2 Å². The third-order valence-corrected chi connectivity index (χ3v) is 8.53. The quantitative estimate of drug-likeness (QED) is 0.156. The van der Waals surface area contributed by atoms with Gasteiger partial charge in [-0.3, -0.25) is 0 Å². The van der Waals surface area contributed by atoms with Gasteiger partial charge in [0.25, 0.3) is 0 Å². The Kier molecular flexibility index (Phi) is 8.98. The molecule has 0 unspecified atom stereocenters. The smallest absolute Gasteiger partial charge is 0.233 e. The molecule has 0 aliphatic heterocycles. The van der Waals surface area contributed by atoms with E-state index in [1.165, 1.54) is 23.1 Å². The van der Waals surface area contributed by atoms with Crippen molar-refractivity contribution >= 4 is 68.0 Å². The minimum Gasteiger partial charge on any atom is -0.372 e. The van der Waals surface area contributed by atoms with Crippen LogP contribution in [0.2, 0.25) is 0 Å². The fraction of sp³-hybridized carbons (Fsp3) is 0.267. The predicted octanol–water partition coefficient (Wildman–Crippen LogP) is 7.81. The second-order valence-corrected chi connectivity index (χ2v) is 11.2. The van der Waals surface area contributed by atoms with Crippen molar-refractivity contribution < 1.29 is 0 Å². The minimum atomic E-state index is 0.469. The third-order valence-electron chi connectivity index (χ3n) is 6.57. The molecule has 5 aromatic rings. The molecular weight excluding hydrogens is 537 g/mol. The maximum atomic E-state index is 4.75. The molecule has 0 saturated heterocycles. The zero-order valence-electron chi connectivity index (χ0n) is 23.3. The maximum Gasteiger partial charge on any atom is 0.233 e. The van der Waals surface area contributed by atoms with Crippen molar-refractivity contribution in [1.29, 1.82) is 0 Å². The zero-order chi connectivity index (χ0) is 27.9. The van der Waals surface area contributed by atoms with Crippen LogP contribution in [0.4, 0.5) is 34.6 Å². The second-order valence-electron chi connectivity index (χ2n) is 9.00. The van der Waals surface area contributed by atoms with Crippen LogP contribution in [-0.4, -0.2) is 46.1 Å². The SMILES string of the molecule is CCN(CC)c1ccc(Nc2nc(Nc3ccc(N(CC)CC)cc3)nc(Sc3nc4ccccc4s3)n2)cc1. The number of benzene rings is 3. The van der Waals surface area contributed by atoms with Crippen molar-refractivity contribution in [2.24, 2.45) is 0 Å². The Hall–Kier alpha value is -3.89. The lowest BCUT2D eigenvalue weighted by molar-refractivity contribution is 0.866. The van der Waals surface area contributed by atoms with Gasteiger partial charge in [0.1, 0.15) is 0 Å². The van der Waals surface area contributed by atoms with E-state index >= 15 is 0 Å². The van der Waals surface area contributed by atoms with E-state index in [1.54, 1.807) is 11.3 Å². The van der Waals surface area contributed by atoms with Gasteiger partial charge in [-0.1, -0.05) is 12.1 Å². The Morgan fingerprint density at radius 3 is 1.60 bits per heavy atom. The van der Waals surface area contributed by atoms with Crippen LogP contribution in [0.5, 0.6) is 0 Å². The number of hydrogen-bond acceptors (Lipinski definition) is 10. The molecular formula is C30H34N8S2. The molecule has 0 aliphatic rings. The molecule has 40 heavy (non-hydrogen) atoms. The van der Waals surface area contributed by atoms with Gasteiger partial charge in [-0.25, -0.2) is 4.98 Å². The number of hydrogen-bond donors (Lipinski definition) is 2. The third kappa shape index (κ3) is 6.63. The summed E-state index contributed by atoms with van der Waals surface area (Å²) >= 11 is 3.07.